The van der Waals surface area contributed by atoms with Crippen LogP contribution < -0.4 is 5.32 Å². The van der Waals surface area contributed by atoms with Crippen molar-refractivity contribution in [2.24, 2.45) is 5.92 Å². The van der Waals surface area contributed by atoms with E-state index < -0.39 is 5.97 Å². The maximum atomic E-state index is 13.8. The maximum Gasteiger partial charge on any atom is 0.303 e. The number of carboxylic acid groups (broad SMARTS) is 1. The molecular formula is C17H24BBrFN2O2. The number of nitrogens with zero attached hydrogens (tertiary/aromatic N) is 1. The lowest BCUT2D eigenvalue weighted by Crippen LogP contribution is -2.47. The molecule has 131 valence electrons. The van der Waals surface area contributed by atoms with Crippen molar-refractivity contribution in [2.45, 2.75) is 45.5 Å². The molecule has 2 atom stereocenters. The molecule has 7 heteroatoms. The van der Waals surface area contributed by atoms with Gasteiger partial charge < -0.3 is 15.2 Å². The maximum absolute atomic E-state index is 13.8. The first kappa shape index (κ1) is 19.3. The van der Waals surface area contributed by atoms with Crippen LogP contribution >= 0.6 is 15.9 Å². The van der Waals surface area contributed by atoms with E-state index in [9.17, 15) is 9.18 Å². The minimum absolute atomic E-state index is 0.158. The normalized spacial score (nSPS) is 21.5. The first-order chi connectivity index (χ1) is 11.4. The zero-order valence-corrected chi connectivity index (χ0v) is 15.8. The van der Waals surface area contributed by atoms with E-state index >= 15 is 0 Å². The summed E-state index contributed by atoms with van der Waals surface area (Å²) < 4.78 is 14.3. The van der Waals surface area contributed by atoms with Crippen molar-refractivity contribution in [3.63, 3.8) is 0 Å². The topological polar surface area (TPSA) is 52.6 Å². The number of hydrogen-bond donors (Lipinski definition) is 2. The number of piperidine rings is 1. The number of aliphatic carboxylic acids is 1. The molecule has 4 nitrogen and oxygen atoms in total. The quantitative estimate of drug-likeness (QED) is 0.684. The fourth-order valence-corrected chi connectivity index (χ4v) is 3.74. The van der Waals surface area contributed by atoms with Gasteiger partial charge in [-0.15, -0.1) is 0 Å². The number of aryl methyl sites for hydroxylation is 1. The van der Waals surface area contributed by atoms with Gasteiger partial charge in [-0.25, -0.2) is 4.39 Å². The molecule has 2 N–H and O–H groups in total. The fourth-order valence-electron chi connectivity index (χ4n) is 3.28. The average molecular weight is 398 g/mol. The van der Waals surface area contributed by atoms with Crippen LogP contribution in [-0.2, 0) is 4.79 Å². The summed E-state index contributed by atoms with van der Waals surface area (Å²) in [6.07, 6.45) is 2.67. The summed E-state index contributed by atoms with van der Waals surface area (Å²) in [5.41, 5.74) is 1.76. The van der Waals surface area contributed by atoms with Crippen molar-refractivity contribution < 1.29 is 14.3 Å². The van der Waals surface area contributed by atoms with E-state index in [1.807, 2.05) is 6.92 Å². The highest BCUT2D eigenvalue weighted by Gasteiger charge is 2.29. The first-order valence-electron chi connectivity index (χ1n) is 8.42. The predicted octanol–water partition coefficient (Wildman–Crippen LogP) is 3.92. The summed E-state index contributed by atoms with van der Waals surface area (Å²) in [4.78, 5) is 13.2. The molecule has 1 heterocycles. The lowest BCUT2D eigenvalue weighted by Gasteiger charge is -2.39. The highest BCUT2D eigenvalue weighted by atomic mass is 79.9. The monoisotopic (exact) mass is 397 g/mol. The Balaban J connectivity index is 2.10. The summed E-state index contributed by atoms with van der Waals surface area (Å²) in [7, 11) is 2.18. The van der Waals surface area contributed by atoms with Gasteiger partial charge in [-0.2, -0.15) is 0 Å². The molecule has 1 aromatic carbocycles. The van der Waals surface area contributed by atoms with Crippen molar-refractivity contribution in [2.75, 3.05) is 18.4 Å². The van der Waals surface area contributed by atoms with E-state index in [4.69, 9.17) is 5.11 Å². The molecule has 24 heavy (non-hydrogen) atoms. The van der Waals surface area contributed by atoms with Gasteiger partial charge in [0.2, 0.25) is 7.41 Å². The van der Waals surface area contributed by atoms with E-state index in [1.165, 1.54) is 6.07 Å². The van der Waals surface area contributed by atoms with Gasteiger partial charge >= 0.3 is 5.97 Å². The van der Waals surface area contributed by atoms with Gasteiger partial charge in [0.05, 0.1) is 4.47 Å². The summed E-state index contributed by atoms with van der Waals surface area (Å²) in [6, 6.07) is 3.44. The minimum atomic E-state index is -0.767. The van der Waals surface area contributed by atoms with E-state index in [-0.39, 0.29) is 24.2 Å². The molecule has 1 aliphatic rings. The predicted molar refractivity (Wildman–Crippen MR) is 99.0 cm³/mol. The molecule has 1 aromatic rings. The Bertz CT molecular complexity index is 588. The van der Waals surface area contributed by atoms with Gasteiger partial charge in [-0.3, -0.25) is 4.79 Å². The van der Waals surface area contributed by atoms with Gasteiger partial charge in [0, 0.05) is 18.2 Å². The van der Waals surface area contributed by atoms with Gasteiger partial charge in [0.1, 0.15) is 5.82 Å². The lowest BCUT2D eigenvalue weighted by molar-refractivity contribution is -0.137. The molecule has 0 spiro atoms. The number of carboxylic acids is 1. The van der Waals surface area contributed by atoms with Crippen LogP contribution in [0.25, 0.3) is 0 Å². The Morgan fingerprint density at radius 1 is 1.54 bits per heavy atom. The van der Waals surface area contributed by atoms with Crippen molar-refractivity contribution in [3.8, 4) is 0 Å². The van der Waals surface area contributed by atoms with Crippen LogP contribution in [0.1, 0.15) is 31.7 Å². The molecule has 2 unspecified atom stereocenters. The number of benzene rings is 1. The van der Waals surface area contributed by atoms with Crippen molar-refractivity contribution in [1.29, 1.82) is 0 Å². The van der Waals surface area contributed by atoms with Crippen LogP contribution in [0.15, 0.2) is 16.6 Å². The summed E-state index contributed by atoms with van der Waals surface area (Å²) >= 11 is 3.20. The molecule has 0 saturated carbocycles. The third kappa shape index (κ3) is 5.21. The summed E-state index contributed by atoms with van der Waals surface area (Å²) in [6.45, 7) is 5.83. The van der Waals surface area contributed by atoms with Gasteiger partial charge in [0.15, 0.2) is 0 Å². The van der Waals surface area contributed by atoms with Crippen LogP contribution in [0.3, 0.4) is 0 Å². The molecule has 0 amide bonds. The number of nitrogens with one attached hydrogen (secondary N) is 1. The number of halogens is 2. The van der Waals surface area contributed by atoms with E-state index in [1.54, 1.807) is 6.07 Å². The second-order valence-electron chi connectivity index (χ2n) is 6.40. The van der Waals surface area contributed by atoms with E-state index in [0.29, 0.717) is 10.9 Å². The molecule has 0 aliphatic carbocycles. The summed E-state index contributed by atoms with van der Waals surface area (Å²) in [5.74, 6) is -0.832. The Kier molecular flexibility index (Phi) is 7.10. The zero-order chi connectivity index (χ0) is 17.7. The van der Waals surface area contributed by atoms with E-state index in [0.717, 1.165) is 37.1 Å². The van der Waals surface area contributed by atoms with Crippen LogP contribution in [-0.4, -0.2) is 42.4 Å². The fraction of sp³-hybridized carbons (Fsp3) is 0.588. The largest absolute Gasteiger partial charge is 0.481 e. The van der Waals surface area contributed by atoms with Gasteiger partial charge in [-0.05, 0) is 72.4 Å². The Morgan fingerprint density at radius 3 is 2.96 bits per heavy atom. The standard InChI is InChI=1S/C17H24BBrFN2O2/c1-3-18-22-7-6-15(12(10-22)4-5-17(23)24)21-16-9-14(20)13(19)8-11(16)2/h8-9,12,15,21H,3-7,10H2,1-2H3,(H,23,24). The van der Waals surface area contributed by atoms with Crippen LogP contribution in [0.2, 0.25) is 6.32 Å². The Morgan fingerprint density at radius 2 is 2.29 bits per heavy atom. The number of anilines is 1. The second kappa shape index (κ2) is 8.86. The molecule has 2 rings (SSSR count). The molecule has 0 aromatic heterocycles. The van der Waals surface area contributed by atoms with Crippen LogP contribution in [0.4, 0.5) is 10.1 Å². The number of carbonyl (C=O) groups is 1. The number of rotatable bonds is 7. The molecular weight excluding hydrogens is 374 g/mol. The first-order valence-corrected chi connectivity index (χ1v) is 9.21. The molecule has 1 aliphatic heterocycles. The molecule has 1 saturated heterocycles. The third-order valence-corrected chi connectivity index (χ3v) is 5.15. The SMILES string of the molecule is CC[B]N1CCC(Nc2cc(F)c(Br)cc2C)C(CCC(=O)O)C1. The van der Waals surface area contributed by atoms with E-state index in [2.05, 4.69) is 40.4 Å². The average Bonchev–Trinajstić information content (AvgIpc) is 2.52. The Labute approximate surface area is 152 Å². The van der Waals surface area contributed by atoms with Crippen LogP contribution in [0.5, 0.6) is 0 Å². The second-order valence-corrected chi connectivity index (χ2v) is 7.25. The third-order valence-electron chi connectivity index (χ3n) is 4.54. The Hall–Kier alpha value is -1.08. The lowest BCUT2D eigenvalue weighted by atomic mass is 9.79. The van der Waals surface area contributed by atoms with Crippen LogP contribution in [0, 0.1) is 18.7 Å². The highest BCUT2D eigenvalue weighted by Crippen LogP contribution is 2.29. The molecule has 0 bridgehead atoms. The zero-order valence-electron chi connectivity index (χ0n) is 14.2. The van der Waals surface area contributed by atoms with Gasteiger partial charge in [-0.1, -0.05) is 13.2 Å². The van der Waals surface area contributed by atoms with Crippen molar-refractivity contribution in [1.82, 2.24) is 4.81 Å². The molecule has 1 fully saturated rings. The summed E-state index contributed by atoms with van der Waals surface area (Å²) in [5, 5.41) is 12.5. The highest BCUT2D eigenvalue weighted by molar-refractivity contribution is 9.10. The smallest absolute Gasteiger partial charge is 0.303 e. The number of hydrogen-bond acceptors (Lipinski definition) is 3. The molecule has 1 radical (unpaired) electrons. The van der Waals surface area contributed by atoms with Crippen molar-refractivity contribution in [3.05, 3.63) is 28.0 Å². The van der Waals surface area contributed by atoms with Crippen molar-refractivity contribution >= 4 is 35.0 Å². The minimum Gasteiger partial charge on any atom is -0.481 e. The van der Waals surface area contributed by atoms with Gasteiger partial charge in [0.25, 0.3) is 0 Å².